The molecule has 1 N–H and O–H groups in total. The van der Waals surface area contributed by atoms with E-state index in [0.29, 0.717) is 6.54 Å². The van der Waals surface area contributed by atoms with Crippen LogP contribution in [0.2, 0.25) is 0 Å². The number of benzene rings is 1. The summed E-state index contributed by atoms with van der Waals surface area (Å²) in [5.74, 6) is 0.904. The van der Waals surface area contributed by atoms with E-state index in [-0.39, 0.29) is 5.91 Å². The molecule has 4 heteroatoms. The molecule has 1 aliphatic rings. The van der Waals surface area contributed by atoms with Crippen LogP contribution >= 0.6 is 0 Å². The minimum atomic E-state index is 0.155. The van der Waals surface area contributed by atoms with Crippen LogP contribution in [0.3, 0.4) is 0 Å². The van der Waals surface area contributed by atoms with Gasteiger partial charge in [0, 0.05) is 19.6 Å². The fourth-order valence-electron chi connectivity index (χ4n) is 3.18. The Morgan fingerprint density at radius 3 is 2.59 bits per heavy atom. The van der Waals surface area contributed by atoms with Gasteiger partial charge in [-0.05, 0) is 51.4 Å². The van der Waals surface area contributed by atoms with Gasteiger partial charge >= 0.3 is 0 Å². The molecule has 0 unspecified atom stereocenters. The third-order valence-corrected chi connectivity index (χ3v) is 4.31. The molecule has 0 atom stereocenters. The number of hydrogen-bond donors (Lipinski definition) is 1. The number of likely N-dealkylation sites (N-methyl/N-ethyl adjacent to an activating group) is 1. The molecular weight excluding hydrogens is 274 g/mol. The standard InChI is InChI=1S/C18H29N3O/c1-3-19-18(22)15-21-11-9-17(10-12-21)14-20(2)13-16-7-5-4-6-8-16/h4-8,17H,3,9-15H2,1-2H3,(H,19,22). The number of nitrogens with zero attached hydrogens (tertiary/aromatic N) is 2. The summed E-state index contributed by atoms with van der Waals surface area (Å²) in [6, 6.07) is 10.6. The maximum absolute atomic E-state index is 11.6. The van der Waals surface area contributed by atoms with Crippen molar-refractivity contribution < 1.29 is 4.79 Å². The zero-order chi connectivity index (χ0) is 15.8. The van der Waals surface area contributed by atoms with Crippen LogP contribution in [-0.2, 0) is 11.3 Å². The Labute approximate surface area is 134 Å². The monoisotopic (exact) mass is 303 g/mol. The van der Waals surface area contributed by atoms with Crippen molar-refractivity contribution in [3.63, 3.8) is 0 Å². The van der Waals surface area contributed by atoms with Crippen molar-refractivity contribution in [2.75, 3.05) is 39.8 Å². The molecule has 0 spiro atoms. The molecule has 0 aliphatic carbocycles. The third kappa shape index (κ3) is 5.78. The fourth-order valence-corrected chi connectivity index (χ4v) is 3.18. The van der Waals surface area contributed by atoms with Gasteiger partial charge in [-0.25, -0.2) is 0 Å². The number of hydrogen-bond acceptors (Lipinski definition) is 3. The van der Waals surface area contributed by atoms with Gasteiger partial charge in [-0.2, -0.15) is 0 Å². The predicted octanol–water partition coefficient (Wildman–Crippen LogP) is 1.97. The van der Waals surface area contributed by atoms with Gasteiger partial charge in [0.2, 0.25) is 5.91 Å². The van der Waals surface area contributed by atoms with Gasteiger partial charge in [0.05, 0.1) is 6.54 Å². The van der Waals surface area contributed by atoms with E-state index in [1.54, 1.807) is 0 Å². The molecule has 2 rings (SSSR count). The number of rotatable bonds is 7. The predicted molar refractivity (Wildman–Crippen MR) is 90.6 cm³/mol. The first-order valence-corrected chi connectivity index (χ1v) is 8.39. The zero-order valence-corrected chi connectivity index (χ0v) is 13.9. The summed E-state index contributed by atoms with van der Waals surface area (Å²) in [4.78, 5) is 16.3. The molecule has 1 saturated heterocycles. The number of nitrogens with one attached hydrogen (secondary N) is 1. The summed E-state index contributed by atoms with van der Waals surface area (Å²) in [6.07, 6.45) is 2.39. The summed E-state index contributed by atoms with van der Waals surface area (Å²) < 4.78 is 0. The fraction of sp³-hybridized carbons (Fsp3) is 0.611. The SMILES string of the molecule is CCNC(=O)CN1CCC(CN(C)Cc2ccccc2)CC1. The number of piperidine rings is 1. The summed E-state index contributed by atoms with van der Waals surface area (Å²) in [5.41, 5.74) is 1.37. The van der Waals surface area contributed by atoms with Gasteiger partial charge in [-0.1, -0.05) is 30.3 Å². The van der Waals surface area contributed by atoms with E-state index in [9.17, 15) is 4.79 Å². The van der Waals surface area contributed by atoms with Gasteiger partial charge < -0.3 is 10.2 Å². The number of likely N-dealkylation sites (tertiary alicyclic amines) is 1. The second kappa shape index (κ2) is 8.91. The minimum Gasteiger partial charge on any atom is -0.355 e. The van der Waals surface area contributed by atoms with Crippen LogP contribution in [0.25, 0.3) is 0 Å². The van der Waals surface area contributed by atoms with Crippen LogP contribution in [0.1, 0.15) is 25.3 Å². The van der Waals surface area contributed by atoms with Crippen molar-refractivity contribution in [1.29, 1.82) is 0 Å². The van der Waals surface area contributed by atoms with Crippen molar-refractivity contribution in [2.45, 2.75) is 26.3 Å². The lowest BCUT2D eigenvalue weighted by molar-refractivity contribution is -0.122. The maximum atomic E-state index is 11.6. The molecule has 0 aromatic heterocycles. The Morgan fingerprint density at radius 1 is 1.27 bits per heavy atom. The summed E-state index contributed by atoms with van der Waals surface area (Å²) in [5, 5.41) is 2.87. The highest BCUT2D eigenvalue weighted by atomic mass is 16.2. The van der Waals surface area contributed by atoms with Crippen LogP contribution < -0.4 is 5.32 Å². The van der Waals surface area contributed by atoms with Crippen LogP contribution in [0, 0.1) is 5.92 Å². The van der Waals surface area contributed by atoms with Crippen molar-refractivity contribution in [3.05, 3.63) is 35.9 Å². The van der Waals surface area contributed by atoms with Gasteiger partial charge in [-0.3, -0.25) is 9.69 Å². The molecule has 4 nitrogen and oxygen atoms in total. The molecule has 0 bridgehead atoms. The molecule has 1 fully saturated rings. The second-order valence-electron chi connectivity index (χ2n) is 6.36. The minimum absolute atomic E-state index is 0.155. The number of amides is 1. The second-order valence-corrected chi connectivity index (χ2v) is 6.36. The molecule has 0 saturated carbocycles. The quantitative estimate of drug-likeness (QED) is 0.836. The third-order valence-electron chi connectivity index (χ3n) is 4.31. The Kier molecular flexibility index (Phi) is 6.87. The van der Waals surface area contributed by atoms with Gasteiger partial charge in [0.1, 0.15) is 0 Å². The van der Waals surface area contributed by atoms with Crippen LogP contribution in [0.5, 0.6) is 0 Å². The highest BCUT2D eigenvalue weighted by Crippen LogP contribution is 2.18. The summed E-state index contributed by atoms with van der Waals surface area (Å²) >= 11 is 0. The summed E-state index contributed by atoms with van der Waals surface area (Å²) in [6.45, 7) is 7.48. The van der Waals surface area contributed by atoms with Crippen molar-refractivity contribution >= 4 is 5.91 Å². The van der Waals surface area contributed by atoms with E-state index in [4.69, 9.17) is 0 Å². The molecule has 1 heterocycles. The lowest BCUT2D eigenvalue weighted by atomic mass is 9.96. The van der Waals surface area contributed by atoms with E-state index in [0.717, 1.165) is 38.6 Å². The molecule has 1 amide bonds. The van der Waals surface area contributed by atoms with Crippen molar-refractivity contribution in [2.24, 2.45) is 5.92 Å². The largest absolute Gasteiger partial charge is 0.355 e. The zero-order valence-electron chi connectivity index (χ0n) is 13.9. The Hall–Kier alpha value is -1.39. The Morgan fingerprint density at radius 2 is 1.95 bits per heavy atom. The van der Waals surface area contributed by atoms with Crippen LogP contribution in [0.4, 0.5) is 0 Å². The number of carbonyl (C=O) groups is 1. The van der Waals surface area contributed by atoms with E-state index in [2.05, 4.69) is 52.5 Å². The van der Waals surface area contributed by atoms with E-state index >= 15 is 0 Å². The first kappa shape index (κ1) is 17.0. The Bertz CT molecular complexity index is 441. The topological polar surface area (TPSA) is 35.6 Å². The van der Waals surface area contributed by atoms with E-state index in [1.807, 2.05) is 6.92 Å². The van der Waals surface area contributed by atoms with Crippen LogP contribution in [0.15, 0.2) is 30.3 Å². The lowest BCUT2D eigenvalue weighted by Crippen LogP contribution is -2.43. The molecule has 0 radical (unpaired) electrons. The molecular formula is C18H29N3O. The van der Waals surface area contributed by atoms with Crippen molar-refractivity contribution in [3.8, 4) is 0 Å². The highest BCUT2D eigenvalue weighted by Gasteiger charge is 2.21. The van der Waals surface area contributed by atoms with Crippen molar-refractivity contribution in [1.82, 2.24) is 15.1 Å². The van der Waals surface area contributed by atoms with Gasteiger partial charge in [0.15, 0.2) is 0 Å². The first-order chi connectivity index (χ1) is 10.7. The molecule has 22 heavy (non-hydrogen) atoms. The molecule has 1 aliphatic heterocycles. The van der Waals surface area contributed by atoms with Crippen LogP contribution in [-0.4, -0.2) is 55.5 Å². The average Bonchev–Trinajstić information content (AvgIpc) is 2.50. The first-order valence-electron chi connectivity index (χ1n) is 8.39. The highest BCUT2D eigenvalue weighted by molar-refractivity contribution is 5.77. The van der Waals surface area contributed by atoms with E-state index in [1.165, 1.54) is 18.4 Å². The maximum Gasteiger partial charge on any atom is 0.234 e. The Balaban J connectivity index is 1.67. The number of carbonyl (C=O) groups excluding carboxylic acids is 1. The normalized spacial score (nSPS) is 16.9. The molecule has 1 aromatic carbocycles. The smallest absolute Gasteiger partial charge is 0.234 e. The van der Waals surface area contributed by atoms with E-state index < -0.39 is 0 Å². The lowest BCUT2D eigenvalue weighted by Gasteiger charge is -2.33. The molecule has 1 aromatic rings. The average molecular weight is 303 g/mol. The van der Waals surface area contributed by atoms with Gasteiger partial charge in [-0.15, -0.1) is 0 Å². The molecule has 122 valence electrons. The summed E-state index contributed by atoms with van der Waals surface area (Å²) in [7, 11) is 2.20. The van der Waals surface area contributed by atoms with Gasteiger partial charge in [0.25, 0.3) is 0 Å².